The summed E-state index contributed by atoms with van der Waals surface area (Å²) in [5, 5.41) is 9.01. The van der Waals surface area contributed by atoms with Gasteiger partial charge in [0.25, 0.3) is 0 Å². The van der Waals surface area contributed by atoms with Gasteiger partial charge in [-0.2, -0.15) is 0 Å². The molecule has 0 spiro atoms. The largest absolute Gasteiger partial charge is 0.497 e. The summed E-state index contributed by atoms with van der Waals surface area (Å²) in [6.07, 6.45) is 0. The number of thiophene rings is 1. The second-order valence-corrected chi connectivity index (χ2v) is 25.7. The van der Waals surface area contributed by atoms with Crippen LogP contribution in [0.15, 0.2) is 121 Å². The molecule has 0 aliphatic heterocycles. The molecule has 77 heavy (non-hydrogen) atoms. The highest BCUT2D eigenvalue weighted by Gasteiger charge is 2.33. The Hall–Kier alpha value is -7.22. The summed E-state index contributed by atoms with van der Waals surface area (Å²) in [6.45, 7) is 27.4. The summed E-state index contributed by atoms with van der Waals surface area (Å²) < 4.78 is 39.4. The van der Waals surface area contributed by atoms with Crippen LogP contribution in [0, 0.1) is 0 Å². The fourth-order valence-electron chi connectivity index (χ4n) is 11.7. The van der Waals surface area contributed by atoms with Crippen molar-refractivity contribution in [2.45, 2.75) is 105 Å². The molecule has 10 rings (SSSR count). The molecule has 396 valence electrons. The third-order valence-electron chi connectivity index (χ3n) is 15.5. The SMILES string of the molecule is COc1ccc(-c2c3cc(OC)c(OC)cc3c(-c3cc(C(C)(C)C)c(OC)c(C(C)(C)C)c3)c3cc4c(-c5ccc(OC)cc5)c5c(sc6ccccc65)c(-c5cc(C(C)(C)C)c(OC)c(C(C)(C)C)c5)c4cc23)cc1. The molecule has 0 saturated heterocycles. The molecule has 0 radical (unpaired) electrons. The van der Waals surface area contributed by atoms with Gasteiger partial charge in [0.2, 0.25) is 0 Å². The van der Waals surface area contributed by atoms with Crippen LogP contribution >= 0.6 is 11.3 Å². The first kappa shape index (κ1) is 53.2. The summed E-state index contributed by atoms with van der Waals surface area (Å²) in [7, 11) is 10.5. The molecular weight excluding hydrogens is 969 g/mol. The maximum atomic E-state index is 6.44. The van der Waals surface area contributed by atoms with Gasteiger partial charge in [0.15, 0.2) is 11.5 Å². The standard InChI is InChI=1S/C70H74O6S/c1-67(2,3)52-31-41(32-53(64(52)75-17)68(4,5)6)60-47-35-48-49(36-46(47)59(39-23-27-43(71-13)28-24-39)50-37-56(73-15)57(74-16)38-51(50)60)62(42-33-54(69(7,8)9)65(76-18)55(34-42)70(10,11)12)66-63(45-21-19-20-22-58(45)77-66)61(48)40-25-29-44(72-14)30-26-40/h19-38H,1-18H3. The molecule has 0 unspecified atom stereocenters. The summed E-state index contributed by atoms with van der Waals surface area (Å²) in [4.78, 5) is 0. The molecule has 0 amide bonds. The van der Waals surface area contributed by atoms with Crippen molar-refractivity contribution in [3.63, 3.8) is 0 Å². The fourth-order valence-corrected chi connectivity index (χ4v) is 13.0. The Morgan fingerprint density at radius 1 is 0.312 bits per heavy atom. The molecular formula is C70H74O6S. The summed E-state index contributed by atoms with van der Waals surface area (Å²) >= 11 is 1.87. The second kappa shape index (κ2) is 19.4. The summed E-state index contributed by atoms with van der Waals surface area (Å²) in [5.74, 6) is 4.76. The van der Waals surface area contributed by atoms with Crippen LogP contribution in [0.3, 0.4) is 0 Å². The van der Waals surface area contributed by atoms with E-state index in [1.807, 2.05) is 25.6 Å². The van der Waals surface area contributed by atoms with Crippen molar-refractivity contribution in [1.82, 2.24) is 0 Å². The molecule has 0 atom stereocenters. The zero-order valence-corrected chi connectivity index (χ0v) is 49.2. The fraction of sp³-hybridized carbons (Fsp3) is 0.314. The van der Waals surface area contributed by atoms with E-state index in [0.29, 0.717) is 11.5 Å². The number of fused-ring (bicyclic) bond motifs is 6. The smallest absolute Gasteiger partial charge is 0.161 e. The number of rotatable bonds is 10. The van der Waals surface area contributed by atoms with Crippen LogP contribution in [0.1, 0.15) is 105 Å². The highest BCUT2D eigenvalue weighted by molar-refractivity contribution is 7.26. The third-order valence-corrected chi connectivity index (χ3v) is 16.7. The lowest BCUT2D eigenvalue weighted by Gasteiger charge is -2.31. The zero-order valence-electron chi connectivity index (χ0n) is 48.4. The summed E-state index contributed by atoms with van der Waals surface area (Å²) in [6, 6.07) is 45.0. The minimum Gasteiger partial charge on any atom is -0.497 e. The highest BCUT2D eigenvalue weighted by Crippen LogP contribution is 2.56. The molecule has 9 aromatic carbocycles. The van der Waals surface area contributed by atoms with E-state index < -0.39 is 0 Å². The van der Waals surface area contributed by atoms with Crippen LogP contribution in [0.25, 0.3) is 97.0 Å². The number of ether oxygens (including phenoxy) is 6. The maximum absolute atomic E-state index is 6.44. The van der Waals surface area contributed by atoms with Crippen molar-refractivity contribution in [3.05, 3.63) is 144 Å². The van der Waals surface area contributed by atoms with Crippen LogP contribution in [-0.4, -0.2) is 42.7 Å². The van der Waals surface area contributed by atoms with Gasteiger partial charge in [-0.25, -0.2) is 0 Å². The van der Waals surface area contributed by atoms with E-state index in [2.05, 4.69) is 204 Å². The lowest BCUT2D eigenvalue weighted by Crippen LogP contribution is -2.19. The molecule has 0 aliphatic rings. The average Bonchev–Trinajstić information content (AvgIpc) is 3.83. The van der Waals surface area contributed by atoms with Crippen LogP contribution in [0.2, 0.25) is 0 Å². The molecule has 0 fully saturated rings. The Labute approximate surface area is 459 Å². The van der Waals surface area contributed by atoms with Crippen LogP contribution < -0.4 is 28.4 Å². The minimum absolute atomic E-state index is 0.238. The average molecular weight is 1040 g/mol. The molecule has 0 saturated carbocycles. The number of hydrogen-bond donors (Lipinski definition) is 0. The monoisotopic (exact) mass is 1040 g/mol. The van der Waals surface area contributed by atoms with Gasteiger partial charge in [0, 0.05) is 48.0 Å². The van der Waals surface area contributed by atoms with Crippen molar-refractivity contribution in [2.24, 2.45) is 0 Å². The number of methoxy groups -OCH3 is 6. The zero-order chi connectivity index (χ0) is 55.3. The van der Waals surface area contributed by atoms with E-state index in [1.165, 1.54) is 42.4 Å². The molecule has 0 N–H and O–H groups in total. The topological polar surface area (TPSA) is 55.4 Å². The number of benzene rings is 9. The van der Waals surface area contributed by atoms with Crippen LogP contribution in [-0.2, 0) is 21.7 Å². The summed E-state index contributed by atoms with van der Waals surface area (Å²) in [5.41, 5.74) is 12.6. The van der Waals surface area contributed by atoms with E-state index in [0.717, 1.165) is 99.8 Å². The Bertz CT molecular complexity index is 3870. The van der Waals surface area contributed by atoms with E-state index in [-0.39, 0.29) is 21.7 Å². The second-order valence-electron chi connectivity index (χ2n) is 24.7. The first-order valence-corrected chi connectivity index (χ1v) is 27.5. The van der Waals surface area contributed by atoms with E-state index >= 15 is 0 Å². The van der Waals surface area contributed by atoms with E-state index in [9.17, 15) is 0 Å². The van der Waals surface area contributed by atoms with Crippen LogP contribution in [0.4, 0.5) is 0 Å². The Morgan fingerprint density at radius 2 is 0.662 bits per heavy atom. The molecule has 0 aliphatic carbocycles. The third kappa shape index (κ3) is 9.08. The lowest BCUT2D eigenvalue weighted by molar-refractivity contribution is 0.356. The highest BCUT2D eigenvalue weighted by atomic mass is 32.1. The molecule has 10 aromatic rings. The van der Waals surface area contributed by atoms with Gasteiger partial charge >= 0.3 is 0 Å². The molecule has 1 heterocycles. The Morgan fingerprint density at radius 3 is 1.05 bits per heavy atom. The first-order valence-electron chi connectivity index (χ1n) is 26.7. The number of hydrogen-bond acceptors (Lipinski definition) is 7. The van der Waals surface area contributed by atoms with E-state index in [1.54, 1.807) is 28.4 Å². The molecule has 0 bridgehead atoms. The molecule has 6 nitrogen and oxygen atoms in total. The minimum atomic E-state index is -0.262. The van der Waals surface area contributed by atoms with Gasteiger partial charge in [-0.05, 0) is 172 Å². The van der Waals surface area contributed by atoms with E-state index in [4.69, 9.17) is 28.4 Å². The Kier molecular flexibility index (Phi) is 13.4. The van der Waals surface area contributed by atoms with Crippen molar-refractivity contribution in [3.8, 4) is 79.0 Å². The van der Waals surface area contributed by atoms with Gasteiger partial charge in [0.05, 0.1) is 42.7 Å². The van der Waals surface area contributed by atoms with Crippen molar-refractivity contribution >= 4 is 63.8 Å². The van der Waals surface area contributed by atoms with Gasteiger partial charge in [-0.3, -0.25) is 0 Å². The van der Waals surface area contributed by atoms with Gasteiger partial charge < -0.3 is 28.4 Å². The quantitative estimate of drug-likeness (QED) is 0.127. The normalized spacial score (nSPS) is 12.5. The molecule has 1 aromatic heterocycles. The van der Waals surface area contributed by atoms with Crippen molar-refractivity contribution in [2.75, 3.05) is 42.7 Å². The predicted octanol–water partition coefficient (Wildman–Crippen LogP) is 19.4. The van der Waals surface area contributed by atoms with Crippen molar-refractivity contribution in [1.29, 1.82) is 0 Å². The van der Waals surface area contributed by atoms with Crippen LogP contribution in [0.5, 0.6) is 34.5 Å². The van der Waals surface area contributed by atoms with Gasteiger partial charge in [-0.15, -0.1) is 11.3 Å². The van der Waals surface area contributed by atoms with Gasteiger partial charge in [0.1, 0.15) is 23.0 Å². The maximum Gasteiger partial charge on any atom is 0.161 e. The predicted molar refractivity (Wildman–Crippen MR) is 328 cm³/mol. The first-order chi connectivity index (χ1) is 36.4. The van der Waals surface area contributed by atoms with Crippen molar-refractivity contribution < 1.29 is 28.4 Å². The Balaban J connectivity index is 1.56. The molecule has 7 heteroatoms. The lowest BCUT2D eigenvalue weighted by atomic mass is 9.75. The van der Waals surface area contributed by atoms with Gasteiger partial charge in [-0.1, -0.05) is 126 Å².